The highest BCUT2D eigenvalue weighted by Crippen LogP contribution is 2.09. The molecule has 1 amide bonds. The molecule has 0 saturated heterocycles. The van der Waals surface area contributed by atoms with Crippen molar-refractivity contribution in [1.82, 2.24) is 25.4 Å². The monoisotopic (exact) mass is 220 g/mol. The number of aromatic nitrogens is 5. The molecule has 7 nitrogen and oxygen atoms in total. The molecule has 16 heavy (non-hydrogen) atoms. The number of amides is 1. The van der Waals surface area contributed by atoms with Gasteiger partial charge in [0.15, 0.2) is 0 Å². The molecule has 0 radical (unpaired) electrons. The Hall–Kier alpha value is -2.18. The van der Waals surface area contributed by atoms with Crippen molar-refractivity contribution < 1.29 is 4.79 Å². The zero-order chi connectivity index (χ0) is 11.5. The van der Waals surface area contributed by atoms with Crippen LogP contribution >= 0.6 is 0 Å². The maximum atomic E-state index is 11.7. The molecular weight excluding hydrogens is 208 g/mol. The minimum Gasteiger partial charge on any atom is -0.316 e. The molecule has 0 aliphatic carbocycles. The van der Waals surface area contributed by atoms with E-state index in [0.717, 1.165) is 0 Å². The summed E-state index contributed by atoms with van der Waals surface area (Å²) < 4.78 is 0. The Labute approximate surface area is 91.7 Å². The quantitative estimate of drug-likeness (QED) is 0.715. The van der Waals surface area contributed by atoms with E-state index >= 15 is 0 Å². The van der Waals surface area contributed by atoms with E-state index in [4.69, 9.17) is 0 Å². The van der Waals surface area contributed by atoms with Crippen LogP contribution in [0.2, 0.25) is 0 Å². The maximum absolute atomic E-state index is 11.7. The predicted molar refractivity (Wildman–Crippen MR) is 57.0 cm³/mol. The molecule has 2 rings (SSSR count). The van der Waals surface area contributed by atoms with Gasteiger partial charge in [0.25, 0.3) is 5.91 Å². The second kappa shape index (κ2) is 4.13. The number of H-pyrrole nitrogens is 2. The van der Waals surface area contributed by atoms with Crippen molar-refractivity contribution in [1.29, 1.82) is 0 Å². The number of anilines is 1. The number of rotatable bonds is 3. The lowest BCUT2D eigenvalue weighted by molar-refractivity contribution is 0.101. The van der Waals surface area contributed by atoms with Gasteiger partial charge in [-0.2, -0.15) is 5.10 Å². The summed E-state index contributed by atoms with van der Waals surface area (Å²) in [6.45, 7) is 3.94. The molecule has 0 unspecified atom stereocenters. The zero-order valence-electron chi connectivity index (χ0n) is 8.98. The molecule has 2 aromatic rings. The second-order valence-electron chi connectivity index (χ2n) is 3.64. The Morgan fingerprint density at radius 1 is 1.50 bits per heavy atom. The minimum atomic E-state index is -0.357. The summed E-state index contributed by atoms with van der Waals surface area (Å²) in [6, 6.07) is 0. The summed E-state index contributed by atoms with van der Waals surface area (Å²) in [5, 5.41) is 15.5. The third kappa shape index (κ3) is 2.08. The molecule has 2 aromatic heterocycles. The molecule has 0 aliphatic rings. The zero-order valence-corrected chi connectivity index (χ0v) is 8.98. The van der Waals surface area contributed by atoms with Crippen LogP contribution in [0, 0.1) is 0 Å². The van der Waals surface area contributed by atoms with Crippen molar-refractivity contribution in [3.63, 3.8) is 0 Å². The van der Waals surface area contributed by atoms with Gasteiger partial charge in [-0.05, 0) is 0 Å². The first-order chi connectivity index (χ1) is 7.66. The van der Waals surface area contributed by atoms with Crippen molar-refractivity contribution in [3.8, 4) is 0 Å². The van der Waals surface area contributed by atoms with E-state index in [1.165, 1.54) is 6.20 Å². The first-order valence-corrected chi connectivity index (χ1v) is 4.89. The SMILES string of the molecule is CC(C)c1nc(C(=O)Nc2cn[nH]c2)n[nH]1. The Morgan fingerprint density at radius 2 is 2.31 bits per heavy atom. The third-order valence-corrected chi connectivity index (χ3v) is 2.01. The molecule has 0 aliphatic heterocycles. The normalized spacial score (nSPS) is 10.7. The largest absolute Gasteiger partial charge is 0.316 e. The van der Waals surface area contributed by atoms with Crippen molar-refractivity contribution >= 4 is 11.6 Å². The summed E-state index contributed by atoms with van der Waals surface area (Å²) in [5.41, 5.74) is 0.584. The summed E-state index contributed by atoms with van der Waals surface area (Å²) >= 11 is 0. The molecule has 0 aromatic carbocycles. The van der Waals surface area contributed by atoms with E-state index in [1.807, 2.05) is 13.8 Å². The van der Waals surface area contributed by atoms with Gasteiger partial charge in [0.2, 0.25) is 5.82 Å². The van der Waals surface area contributed by atoms with E-state index in [-0.39, 0.29) is 17.6 Å². The molecule has 3 N–H and O–H groups in total. The van der Waals surface area contributed by atoms with Gasteiger partial charge >= 0.3 is 0 Å². The van der Waals surface area contributed by atoms with Gasteiger partial charge in [-0.1, -0.05) is 13.8 Å². The van der Waals surface area contributed by atoms with Crippen LogP contribution in [0.1, 0.15) is 36.2 Å². The van der Waals surface area contributed by atoms with Crippen LogP contribution < -0.4 is 5.32 Å². The van der Waals surface area contributed by atoms with E-state index in [2.05, 4.69) is 30.7 Å². The summed E-state index contributed by atoms with van der Waals surface area (Å²) in [4.78, 5) is 15.7. The van der Waals surface area contributed by atoms with Crippen LogP contribution in [-0.4, -0.2) is 31.3 Å². The second-order valence-corrected chi connectivity index (χ2v) is 3.64. The van der Waals surface area contributed by atoms with Gasteiger partial charge in [0.05, 0.1) is 11.9 Å². The highest BCUT2D eigenvalue weighted by atomic mass is 16.2. The molecule has 7 heteroatoms. The number of carbonyl (C=O) groups excluding carboxylic acids is 1. The summed E-state index contributed by atoms with van der Waals surface area (Å²) in [6.07, 6.45) is 3.09. The van der Waals surface area contributed by atoms with Gasteiger partial charge in [0.1, 0.15) is 5.82 Å². The van der Waals surface area contributed by atoms with E-state index in [1.54, 1.807) is 6.20 Å². The van der Waals surface area contributed by atoms with Crippen LogP contribution in [0.15, 0.2) is 12.4 Å². The van der Waals surface area contributed by atoms with E-state index in [0.29, 0.717) is 11.5 Å². The van der Waals surface area contributed by atoms with Gasteiger partial charge < -0.3 is 5.32 Å². The van der Waals surface area contributed by atoms with Gasteiger partial charge in [-0.15, -0.1) is 5.10 Å². The van der Waals surface area contributed by atoms with E-state index < -0.39 is 0 Å². The number of nitrogens with one attached hydrogen (secondary N) is 3. The fourth-order valence-electron chi connectivity index (χ4n) is 1.14. The molecule has 0 bridgehead atoms. The van der Waals surface area contributed by atoms with Crippen LogP contribution in [0.25, 0.3) is 0 Å². The Morgan fingerprint density at radius 3 is 2.88 bits per heavy atom. The highest BCUT2D eigenvalue weighted by Gasteiger charge is 2.14. The topological polar surface area (TPSA) is 99.3 Å². The number of aromatic amines is 2. The smallest absolute Gasteiger partial charge is 0.295 e. The fraction of sp³-hybridized carbons (Fsp3) is 0.333. The third-order valence-electron chi connectivity index (χ3n) is 2.01. The number of nitrogens with zero attached hydrogens (tertiary/aromatic N) is 3. The van der Waals surface area contributed by atoms with Gasteiger partial charge in [0, 0.05) is 12.1 Å². The Balaban J connectivity index is 2.09. The first-order valence-electron chi connectivity index (χ1n) is 4.89. The summed E-state index contributed by atoms with van der Waals surface area (Å²) in [7, 11) is 0. The number of carbonyl (C=O) groups is 1. The van der Waals surface area contributed by atoms with E-state index in [9.17, 15) is 4.79 Å². The number of hydrogen-bond acceptors (Lipinski definition) is 4. The predicted octanol–water partition coefficient (Wildman–Crippen LogP) is 0.903. The van der Waals surface area contributed by atoms with Crippen molar-refractivity contribution in [2.24, 2.45) is 0 Å². The van der Waals surface area contributed by atoms with Crippen molar-refractivity contribution in [2.45, 2.75) is 19.8 Å². The highest BCUT2D eigenvalue weighted by molar-refractivity contribution is 6.01. The maximum Gasteiger partial charge on any atom is 0.295 e. The van der Waals surface area contributed by atoms with Crippen LogP contribution in [0.5, 0.6) is 0 Å². The molecular formula is C9H12N6O. The van der Waals surface area contributed by atoms with Crippen LogP contribution in [0.3, 0.4) is 0 Å². The van der Waals surface area contributed by atoms with Gasteiger partial charge in [-0.25, -0.2) is 4.98 Å². The Bertz CT molecular complexity index is 472. The summed E-state index contributed by atoms with van der Waals surface area (Å²) in [5.74, 6) is 0.676. The lowest BCUT2D eigenvalue weighted by atomic mass is 10.2. The van der Waals surface area contributed by atoms with Crippen LogP contribution in [-0.2, 0) is 0 Å². The molecule has 2 heterocycles. The lowest BCUT2D eigenvalue weighted by Crippen LogP contribution is -2.13. The first kappa shape index (κ1) is 10.3. The minimum absolute atomic E-state index is 0.130. The molecule has 0 fully saturated rings. The molecule has 0 atom stereocenters. The average molecular weight is 220 g/mol. The number of hydrogen-bond donors (Lipinski definition) is 3. The van der Waals surface area contributed by atoms with Crippen molar-refractivity contribution in [3.05, 3.63) is 24.0 Å². The van der Waals surface area contributed by atoms with Gasteiger partial charge in [-0.3, -0.25) is 15.0 Å². The standard InChI is InChI=1S/C9H12N6O/c1-5(2)7-13-8(15-14-7)9(16)12-6-3-10-11-4-6/h3-5H,1-2H3,(H,10,11)(H,12,16)(H,13,14,15). The fourth-order valence-corrected chi connectivity index (χ4v) is 1.14. The Kier molecular flexibility index (Phi) is 2.67. The lowest BCUT2D eigenvalue weighted by Gasteiger charge is -1.97. The molecule has 0 spiro atoms. The van der Waals surface area contributed by atoms with Crippen molar-refractivity contribution in [2.75, 3.05) is 5.32 Å². The van der Waals surface area contributed by atoms with Crippen LogP contribution in [0.4, 0.5) is 5.69 Å². The molecule has 84 valence electrons. The molecule has 0 saturated carbocycles. The average Bonchev–Trinajstić information content (AvgIpc) is 2.86.